The van der Waals surface area contributed by atoms with Crippen LogP contribution in [0.1, 0.15) is 357 Å². The lowest BCUT2D eigenvalue weighted by molar-refractivity contribution is -0.132. The van der Waals surface area contributed by atoms with Gasteiger partial charge in [0.05, 0.1) is 96.3 Å². The molecule has 15 aromatic rings. The van der Waals surface area contributed by atoms with E-state index in [4.69, 9.17) is 9.84 Å². The lowest BCUT2D eigenvalue weighted by Gasteiger charge is -2.41. The minimum atomic E-state index is -0.153. The van der Waals surface area contributed by atoms with Gasteiger partial charge in [-0.15, -0.1) is 0 Å². The Morgan fingerprint density at radius 1 is 0.427 bits per heavy atom. The first-order valence-electron chi connectivity index (χ1n) is 55.0. The number of rotatable bonds is 16. The SMILES string of the molecule is CC(C)c1cc2n(n1)CC(=O)N(C)C2.CC(C)c1cc2n(n1)CCNC2.CC(C)c1ccc(C2CCN(C)CC2)cn1.CC(C)c1ccc(C2CN(C)C2)cn1.CC(C)c1ccc(N2CC(O)C2)cn1.CC(C)c1ccc2c(n1)N=CC2.CC(C)c1ccc2nccn2c1.CC(C)c1ccn2ccnc2c1.CC(C)c1ccn2ccnc2n1.CC(C)c1cn(C2CCN(C3COC3)CC2)cn1.Cc1nn(C)c2ccc(C(C)C)cc12. The number of β-amino-alcohol motifs (C(OH)–C–C–N with tert-alkyl or cyclic N) is 1. The van der Waals surface area contributed by atoms with Gasteiger partial charge in [-0.05, 0) is 237 Å². The summed E-state index contributed by atoms with van der Waals surface area (Å²) >= 11 is 0. The molecule has 150 heavy (non-hydrogen) atoms. The molecule has 5 saturated heterocycles. The van der Waals surface area contributed by atoms with E-state index < -0.39 is 0 Å². The summed E-state index contributed by atoms with van der Waals surface area (Å²) in [6.45, 7) is 64.5. The number of piperidine rings is 2. The molecule has 0 spiro atoms. The number of nitrogens with zero attached hydrogens (tertiary/aromatic N) is 25. The average molecular weight is 2040 g/mol. The molecule has 1 amide bonds. The molecule has 2 N–H and O–H groups in total. The number of likely N-dealkylation sites (tertiary alicyclic amines) is 3. The van der Waals surface area contributed by atoms with Crippen molar-refractivity contribution < 1.29 is 14.6 Å². The Hall–Kier alpha value is -12.4. The predicted octanol–water partition coefficient (Wildman–Crippen LogP) is 23.0. The molecule has 1 aromatic carbocycles. The zero-order chi connectivity index (χ0) is 108. The number of hydrogen-bond acceptors (Lipinski definition) is 21. The number of aliphatic imine (C=N–C) groups is 1. The van der Waals surface area contributed by atoms with Crippen LogP contribution in [0.25, 0.3) is 28.0 Å². The van der Waals surface area contributed by atoms with E-state index in [1.807, 2.05) is 100 Å². The maximum Gasteiger partial charge on any atom is 0.244 e. The molecule has 23 rings (SSSR count). The number of fused-ring (bicyclic) bond motifs is 7. The Kier molecular flexibility index (Phi) is 41.7. The van der Waals surface area contributed by atoms with E-state index in [0.717, 1.165) is 121 Å². The van der Waals surface area contributed by atoms with E-state index >= 15 is 0 Å². The number of anilines is 1. The molecule has 0 radical (unpaired) electrons. The van der Waals surface area contributed by atoms with Crippen molar-refractivity contribution >= 4 is 51.6 Å². The highest BCUT2D eigenvalue weighted by Gasteiger charge is 2.32. The van der Waals surface area contributed by atoms with Crippen molar-refractivity contribution in [1.29, 1.82) is 0 Å². The van der Waals surface area contributed by atoms with Crippen molar-refractivity contribution in [1.82, 2.24) is 117 Å². The summed E-state index contributed by atoms with van der Waals surface area (Å²) in [7, 11) is 8.18. The average Bonchev–Trinajstić information content (AvgIpc) is 1.72. The molecule has 29 nitrogen and oxygen atoms in total. The van der Waals surface area contributed by atoms with E-state index in [-0.39, 0.29) is 12.0 Å². The Bertz CT molecular complexity index is 6400. The molecule has 0 bridgehead atoms. The van der Waals surface area contributed by atoms with Crippen molar-refractivity contribution in [2.45, 2.75) is 313 Å². The number of pyridine rings is 6. The van der Waals surface area contributed by atoms with Crippen LogP contribution in [-0.4, -0.2) is 234 Å². The van der Waals surface area contributed by atoms with Crippen molar-refractivity contribution in [3.63, 3.8) is 0 Å². The van der Waals surface area contributed by atoms with Gasteiger partial charge in [0.2, 0.25) is 11.7 Å². The fraction of sp³-hybridized carbons (Fsp3) is 0.521. The second-order valence-corrected chi connectivity index (χ2v) is 44.9. The second-order valence-electron chi connectivity index (χ2n) is 44.9. The van der Waals surface area contributed by atoms with Gasteiger partial charge in [-0.3, -0.25) is 43.1 Å². The number of benzene rings is 1. The van der Waals surface area contributed by atoms with E-state index in [1.165, 1.54) is 138 Å². The number of carbonyl (C=O) groups excluding carboxylic acids is 1. The number of carbonyl (C=O) groups is 1. The third-order valence-corrected chi connectivity index (χ3v) is 29.1. The Balaban J connectivity index is 0.000000138. The number of likely N-dealkylation sites (N-methyl/N-ethyl adjacent to an activating group) is 2. The quantitative estimate of drug-likeness (QED) is 0.0909. The lowest BCUT2D eigenvalue weighted by atomic mass is 9.90. The minimum absolute atomic E-state index is 0.135. The smallest absolute Gasteiger partial charge is 0.244 e. The fourth-order valence-electron chi connectivity index (χ4n) is 18.6. The molecule has 29 heteroatoms. The van der Waals surface area contributed by atoms with Gasteiger partial charge in [0.25, 0.3) is 0 Å². The maximum absolute atomic E-state index is 11.4. The molecule has 0 atom stereocenters. The van der Waals surface area contributed by atoms with Crippen LogP contribution in [0.15, 0.2) is 201 Å². The van der Waals surface area contributed by atoms with Gasteiger partial charge in [0.1, 0.15) is 17.8 Å². The van der Waals surface area contributed by atoms with Crippen molar-refractivity contribution in [2.24, 2.45) is 12.0 Å². The summed E-state index contributed by atoms with van der Waals surface area (Å²) in [6.07, 6.45) is 35.4. The molecular formula is C121H172N26O3. The Morgan fingerprint density at radius 2 is 0.980 bits per heavy atom. The predicted molar refractivity (Wildman–Crippen MR) is 610 cm³/mol. The monoisotopic (exact) mass is 2040 g/mol. The lowest BCUT2D eigenvalue weighted by Crippen LogP contribution is -2.51. The van der Waals surface area contributed by atoms with Crippen LogP contribution in [0.4, 0.5) is 11.5 Å². The standard InChI is InChI=1S/C14H23N3O.C14H22N2.C12H16N2.C12H18N2.C11H16N2O.C10H15N3O.3C10H12N2.C9H11N3.C9H15N3/c1-11(2)14-7-17(10-15-14)12-3-5-16(6-4-12)13-8-18-9-13;1-11(2)14-5-4-13(10-15-14)12-6-8-16(3)9-7-12;1-8(2)10-5-6-12-11(7-10)9(3)13-14(12)4;1-9(2)12-5-4-10(6-13-12)11-7-14(3)8-11;1-8(2)11-4-3-9(5-12-11)13-6-10(14)7-13;1-7(2)9-4-8-5-12(3)10(14)6-13(8)11-9;1-8(2)9-3-5-12-6-4-11-10(12)7-9;1-8(2)9-3-4-10-11-5-6-12(10)7-9;1-7(2)9-4-3-8-5-6-11-10(8)12-9;1-7(2)8-3-5-12-6-4-10-9(12)11-8;1-7(2)9-5-8-6-10-3-4-12(8)11-9/h7,10-13H,3-6,8-9H2,1-2H3;4-5,10-12H,6-9H2,1-3H3;5-8H,1-4H3;4-6,9,11H,7-8H2,1-3H3;3-5,8,10,14H,6-7H2,1-2H3;4,7H,5-6H2,1-3H3;2*3-8H,1-2H3;3-4,6-7H,5H2,1-2H3;3-7H,1-2H3;5,7,10H,3-4,6H2,1-2H3. The molecular weight excluding hydrogens is 1870 g/mol. The number of aromatic nitrogens is 19. The zero-order valence-corrected chi connectivity index (χ0v) is 94.9. The Labute approximate surface area is 892 Å². The highest BCUT2D eigenvalue weighted by atomic mass is 16.5. The summed E-state index contributed by atoms with van der Waals surface area (Å²) in [4.78, 5) is 66.1. The van der Waals surface area contributed by atoms with Gasteiger partial charge in [-0.1, -0.05) is 183 Å². The summed E-state index contributed by atoms with van der Waals surface area (Å²) in [6, 6.07) is 39.9. The molecule has 8 aliphatic heterocycles. The number of aryl methyl sites for hydroxylation is 2. The summed E-state index contributed by atoms with van der Waals surface area (Å²) in [5, 5.41) is 27.1. The first-order valence-corrected chi connectivity index (χ1v) is 55.0. The molecule has 22 heterocycles. The number of aliphatic hydroxyl groups is 1. The zero-order valence-electron chi connectivity index (χ0n) is 94.9. The van der Waals surface area contributed by atoms with Crippen molar-refractivity contribution in [3.8, 4) is 0 Å². The first kappa shape index (κ1) is 115. The topological polar surface area (TPSA) is 275 Å². The van der Waals surface area contributed by atoms with Gasteiger partial charge >= 0.3 is 0 Å². The van der Waals surface area contributed by atoms with Gasteiger partial charge < -0.3 is 48.1 Å². The van der Waals surface area contributed by atoms with E-state index in [2.05, 4.69) is 405 Å². The number of hydrogen-bond donors (Lipinski definition) is 2. The van der Waals surface area contributed by atoms with Crippen LogP contribution in [0.5, 0.6) is 0 Å². The first-order chi connectivity index (χ1) is 71.8. The molecule has 0 unspecified atom stereocenters. The van der Waals surface area contributed by atoms with Crippen molar-refractivity contribution in [3.05, 3.63) is 292 Å². The number of amides is 1. The number of ether oxygens (including phenoxy) is 1. The van der Waals surface area contributed by atoms with E-state index in [0.29, 0.717) is 96.2 Å². The van der Waals surface area contributed by atoms with Crippen LogP contribution in [0.3, 0.4) is 0 Å². The normalized spacial score (nSPS) is 16.0. The third kappa shape index (κ3) is 32.1. The van der Waals surface area contributed by atoms with Crippen LogP contribution < -0.4 is 10.2 Å². The molecule has 14 aromatic heterocycles. The third-order valence-electron chi connectivity index (χ3n) is 29.1. The van der Waals surface area contributed by atoms with Crippen LogP contribution in [0, 0.1) is 6.92 Å². The maximum atomic E-state index is 11.4. The molecule has 804 valence electrons. The molecule has 0 saturated carbocycles. The van der Waals surface area contributed by atoms with Crippen LogP contribution >= 0.6 is 0 Å². The van der Waals surface area contributed by atoms with Gasteiger partial charge in [-0.2, -0.15) is 15.3 Å². The largest absolute Gasteiger partial charge is 0.389 e. The highest BCUT2D eigenvalue weighted by molar-refractivity contribution is 5.82. The minimum Gasteiger partial charge on any atom is -0.389 e. The summed E-state index contributed by atoms with van der Waals surface area (Å²) in [5.74, 6) is 9.01. The van der Waals surface area contributed by atoms with E-state index in [9.17, 15) is 4.79 Å². The fourth-order valence-corrected chi connectivity index (χ4v) is 18.6. The highest BCUT2D eigenvalue weighted by Crippen LogP contribution is 2.34. The van der Waals surface area contributed by atoms with E-state index in [1.54, 1.807) is 11.1 Å². The van der Waals surface area contributed by atoms with Gasteiger partial charge in [-0.25, -0.2) is 34.9 Å². The molecule has 0 aliphatic carbocycles. The second kappa shape index (κ2) is 54.6. The summed E-state index contributed by atoms with van der Waals surface area (Å²) in [5.41, 5.74) is 25.3. The number of aliphatic hydroxyl groups excluding tert-OH is 1. The Morgan fingerprint density at radius 3 is 1.55 bits per heavy atom. The van der Waals surface area contributed by atoms with Gasteiger partial charge in [0.15, 0.2) is 5.82 Å². The van der Waals surface area contributed by atoms with Crippen LogP contribution in [0.2, 0.25) is 0 Å². The molecule has 8 aliphatic rings. The number of imidazole rings is 4. The van der Waals surface area contributed by atoms with Crippen molar-refractivity contribution in [2.75, 3.05) is 98.2 Å². The van der Waals surface area contributed by atoms with Gasteiger partial charge in [0, 0.05) is 205 Å². The summed E-state index contributed by atoms with van der Waals surface area (Å²) < 4.78 is 19.4. The molecule has 5 fully saturated rings. The number of nitrogens with one attached hydrogen (secondary N) is 1. The van der Waals surface area contributed by atoms with Crippen LogP contribution in [-0.2, 0) is 49.2 Å².